The lowest BCUT2D eigenvalue weighted by molar-refractivity contribution is 0.276. The maximum absolute atomic E-state index is 14.0. The summed E-state index contributed by atoms with van der Waals surface area (Å²) >= 11 is 0. The van der Waals surface area contributed by atoms with Gasteiger partial charge in [0, 0.05) is 6.04 Å². The van der Waals surface area contributed by atoms with Crippen LogP contribution in [0.15, 0.2) is 23.1 Å². The van der Waals surface area contributed by atoms with Crippen molar-refractivity contribution in [2.45, 2.75) is 44.0 Å². The van der Waals surface area contributed by atoms with E-state index in [2.05, 4.69) is 19.2 Å². The van der Waals surface area contributed by atoms with Crippen molar-refractivity contribution >= 4 is 15.7 Å². The Morgan fingerprint density at radius 2 is 2.00 bits per heavy atom. The summed E-state index contributed by atoms with van der Waals surface area (Å²) in [6.07, 6.45) is 3.24. The summed E-state index contributed by atoms with van der Waals surface area (Å²) in [4.78, 5) is -0.203. The molecule has 0 aromatic heterocycles. The lowest BCUT2D eigenvalue weighted by Crippen LogP contribution is -2.33. The van der Waals surface area contributed by atoms with Crippen LogP contribution in [0.1, 0.15) is 33.1 Å². The first-order valence-corrected chi connectivity index (χ1v) is 8.41. The monoisotopic (exact) mass is 300 g/mol. The van der Waals surface area contributed by atoms with Crippen LogP contribution in [0.25, 0.3) is 0 Å². The zero-order valence-electron chi connectivity index (χ0n) is 11.8. The van der Waals surface area contributed by atoms with Gasteiger partial charge in [-0.1, -0.05) is 13.8 Å². The maximum Gasteiger partial charge on any atom is 0.238 e. The number of rotatable bonds is 3. The van der Waals surface area contributed by atoms with Gasteiger partial charge in [-0.05, 0) is 49.3 Å². The molecule has 112 valence electrons. The van der Waals surface area contributed by atoms with Crippen molar-refractivity contribution in [3.8, 4) is 0 Å². The van der Waals surface area contributed by atoms with E-state index >= 15 is 0 Å². The van der Waals surface area contributed by atoms with Gasteiger partial charge in [0.2, 0.25) is 10.0 Å². The van der Waals surface area contributed by atoms with Gasteiger partial charge in [-0.2, -0.15) is 0 Å². The number of hydrogen-bond acceptors (Lipinski definition) is 3. The predicted octanol–water partition coefficient (Wildman–Crippen LogP) is 2.71. The summed E-state index contributed by atoms with van der Waals surface area (Å²) in [6.45, 7) is 4.39. The Morgan fingerprint density at radius 3 is 2.55 bits per heavy atom. The number of benzene rings is 1. The molecule has 0 spiro atoms. The molecule has 0 saturated heterocycles. The Morgan fingerprint density at radius 1 is 1.30 bits per heavy atom. The number of halogens is 1. The fourth-order valence-corrected chi connectivity index (χ4v) is 3.39. The molecular weight excluding hydrogens is 279 g/mol. The fourth-order valence-electron chi connectivity index (χ4n) is 2.87. The van der Waals surface area contributed by atoms with Crippen molar-refractivity contribution in [3.63, 3.8) is 0 Å². The van der Waals surface area contributed by atoms with Gasteiger partial charge >= 0.3 is 0 Å². The third kappa shape index (κ3) is 3.49. The molecule has 4 nitrogen and oxygen atoms in total. The summed E-state index contributed by atoms with van der Waals surface area (Å²) in [5, 5.41) is 8.17. The molecule has 1 fully saturated rings. The van der Waals surface area contributed by atoms with Crippen molar-refractivity contribution in [1.82, 2.24) is 0 Å². The van der Waals surface area contributed by atoms with Crippen LogP contribution in [0.2, 0.25) is 0 Å². The molecule has 0 bridgehead atoms. The molecule has 2 rings (SSSR count). The third-order valence-corrected chi connectivity index (χ3v) is 4.95. The number of sulfonamides is 1. The Labute approximate surface area is 119 Å². The van der Waals surface area contributed by atoms with Crippen LogP contribution in [0.3, 0.4) is 0 Å². The van der Waals surface area contributed by atoms with E-state index in [9.17, 15) is 12.8 Å². The highest BCUT2D eigenvalue weighted by molar-refractivity contribution is 7.89. The highest BCUT2D eigenvalue weighted by Gasteiger charge is 2.26. The van der Waals surface area contributed by atoms with E-state index in [4.69, 9.17) is 5.14 Å². The Hall–Kier alpha value is -1.14. The SMILES string of the molecule is CC1CCC(Nc2ccc(S(N)(=O)=O)cc2F)C(C)C1. The molecule has 3 atom stereocenters. The van der Waals surface area contributed by atoms with Crippen molar-refractivity contribution in [3.05, 3.63) is 24.0 Å². The van der Waals surface area contributed by atoms with Gasteiger partial charge in [0.1, 0.15) is 5.82 Å². The van der Waals surface area contributed by atoms with Crippen LogP contribution < -0.4 is 10.5 Å². The van der Waals surface area contributed by atoms with Crippen LogP contribution in [0, 0.1) is 17.7 Å². The number of hydrogen-bond donors (Lipinski definition) is 2. The van der Waals surface area contributed by atoms with Crippen molar-refractivity contribution in [2.24, 2.45) is 17.0 Å². The second kappa shape index (κ2) is 5.69. The fraction of sp³-hybridized carbons (Fsp3) is 0.571. The minimum atomic E-state index is -3.86. The van der Waals surface area contributed by atoms with Crippen LogP contribution in [-0.2, 0) is 10.0 Å². The molecule has 1 aliphatic rings. The van der Waals surface area contributed by atoms with Gasteiger partial charge in [-0.15, -0.1) is 0 Å². The van der Waals surface area contributed by atoms with Gasteiger partial charge in [-0.3, -0.25) is 0 Å². The highest BCUT2D eigenvalue weighted by Crippen LogP contribution is 2.31. The topological polar surface area (TPSA) is 72.2 Å². The number of nitrogens with one attached hydrogen (secondary N) is 1. The largest absolute Gasteiger partial charge is 0.380 e. The van der Waals surface area contributed by atoms with E-state index in [1.807, 2.05) is 0 Å². The van der Waals surface area contributed by atoms with Crippen LogP contribution in [0.4, 0.5) is 10.1 Å². The van der Waals surface area contributed by atoms with E-state index < -0.39 is 15.8 Å². The van der Waals surface area contributed by atoms with E-state index in [0.29, 0.717) is 17.5 Å². The third-order valence-electron chi connectivity index (χ3n) is 4.04. The number of primary sulfonamides is 1. The first-order valence-electron chi connectivity index (χ1n) is 6.86. The van der Waals surface area contributed by atoms with Crippen molar-refractivity contribution in [2.75, 3.05) is 5.32 Å². The standard InChI is InChI=1S/C14H21FN2O2S/c1-9-3-5-13(10(2)7-9)17-14-6-4-11(8-12(14)15)20(16,18)19/h4,6,8-10,13,17H,3,5,7H2,1-2H3,(H2,16,18,19). The molecule has 1 aromatic carbocycles. The summed E-state index contributed by atoms with van der Waals surface area (Å²) < 4.78 is 36.3. The first kappa shape index (κ1) is 15.3. The molecule has 0 aliphatic heterocycles. The lowest BCUT2D eigenvalue weighted by atomic mass is 9.80. The smallest absolute Gasteiger partial charge is 0.238 e. The Bertz CT molecular complexity index is 589. The molecular formula is C14H21FN2O2S. The van der Waals surface area contributed by atoms with Gasteiger partial charge in [0.05, 0.1) is 10.6 Å². The van der Waals surface area contributed by atoms with Crippen molar-refractivity contribution < 1.29 is 12.8 Å². The van der Waals surface area contributed by atoms with Gasteiger partial charge in [0.15, 0.2) is 0 Å². The van der Waals surface area contributed by atoms with E-state index in [1.165, 1.54) is 12.1 Å². The Kier molecular flexibility index (Phi) is 4.34. The van der Waals surface area contributed by atoms with Crippen LogP contribution in [-0.4, -0.2) is 14.5 Å². The number of anilines is 1. The Balaban J connectivity index is 2.14. The minimum Gasteiger partial charge on any atom is -0.380 e. The molecule has 20 heavy (non-hydrogen) atoms. The lowest BCUT2D eigenvalue weighted by Gasteiger charge is -2.33. The highest BCUT2D eigenvalue weighted by atomic mass is 32.2. The van der Waals surface area contributed by atoms with E-state index in [-0.39, 0.29) is 10.9 Å². The minimum absolute atomic E-state index is 0.203. The summed E-state index contributed by atoms with van der Waals surface area (Å²) in [7, 11) is -3.86. The predicted molar refractivity (Wildman–Crippen MR) is 77.4 cm³/mol. The average Bonchev–Trinajstić information content (AvgIpc) is 2.33. The molecule has 6 heteroatoms. The van der Waals surface area contributed by atoms with Crippen LogP contribution in [0.5, 0.6) is 0 Å². The quantitative estimate of drug-likeness (QED) is 0.901. The normalized spacial score (nSPS) is 27.3. The summed E-state index contributed by atoms with van der Waals surface area (Å²) in [5.41, 5.74) is 0.337. The average molecular weight is 300 g/mol. The maximum atomic E-state index is 14.0. The van der Waals surface area contributed by atoms with E-state index in [1.54, 1.807) is 0 Å². The molecule has 1 aliphatic carbocycles. The van der Waals surface area contributed by atoms with Gasteiger partial charge in [0.25, 0.3) is 0 Å². The molecule has 1 aromatic rings. The molecule has 1 saturated carbocycles. The second-order valence-corrected chi connectivity index (χ2v) is 7.39. The molecule has 0 amide bonds. The number of nitrogens with two attached hydrogens (primary N) is 1. The van der Waals surface area contributed by atoms with Crippen LogP contribution >= 0.6 is 0 Å². The first-order chi connectivity index (χ1) is 9.27. The molecule has 0 heterocycles. The van der Waals surface area contributed by atoms with E-state index in [0.717, 1.165) is 25.3 Å². The zero-order valence-corrected chi connectivity index (χ0v) is 12.6. The second-order valence-electron chi connectivity index (χ2n) is 5.83. The van der Waals surface area contributed by atoms with Gasteiger partial charge < -0.3 is 5.32 Å². The summed E-state index contributed by atoms with van der Waals surface area (Å²) in [6, 6.07) is 3.96. The molecule has 3 unspecified atom stereocenters. The molecule has 0 radical (unpaired) electrons. The summed E-state index contributed by atoms with van der Waals surface area (Å²) in [5.74, 6) is 0.594. The molecule has 3 N–H and O–H groups in total. The zero-order chi connectivity index (χ0) is 14.9. The van der Waals surface area contributed by atoms with Gasteiger partial charge in [-0.25, -0.2) is 17.9 Å². The van der Waals surface area contributed by atoms with Crippen molar-refractivity contribution in [1.29, 1.82) is 0 Å².